The molecule has 3 nitrogen and oxygen atoms in total. The molecule has 1 saturated carbocycles. The molecule has 2 rings (SSSR count). The molecule has 1 fully saturated rings. The lowest BCUT2D eigenvalue weighted by Gasteiger charge is -1.87. The fourth-order valence-corrected chi connectivity index (χ4v) is 1.99. The van der Waals surface area contributed by atoms with Gasteiger partial charge in [0.2, 0.25) is 0 Å². The smallest absolute Gasteiger partial charge is 0.307 e. The standard InChI is InChI=1S/C7H7NO2S/c9-7(10)5-1-4(5)6-2-8-3-11-6/h2-5H,1H2,(H,9,10)/t4-,5-/m0/s1. The molecular weight excluding hydrogens is 162 g/mol. The van der Waals surface area contributed by atoms with Crippen molar-refractivity contribution in [1.82, 2.24) is 4.98 Å². The topological polar surface area (TPSA) is 50.2 Å². The zero-order valence-electron chi connectivity index (χ0n) is 5.73. The van der Waals surface area contributed by atoms with Crippen molar-refractivity contribution in [2.24, 2.45) is 5.92 Å². The van der Waals surface area contributed by atoms with Crippen LogP contribution in [0.3, 0.4) is 0 Å². The van der Waals surface area contributed by atoms with Crippen molar-refractivity contribution in [2.75, 3.05) is 0 Å². The normalized spacial score (nSPS) is 28.4. The molecule has 1 N–H and O–H groups in total. The lowest BCUT2D eigenvalue weighted by molar-refractivity contribution is -0.138. The third-order valence-electron chi connectivity index (χ3n) is 1.92. The Morgan fingerprint density at radius 1 is 1.82 bits per heavy atom. The van der Waals surface area contributed by atoms with Gasteiger partial charge < -0.3 is 5.11 Å². The van der Waals surface area contributed by atoms with E-state index in [0.29, 0.717) is 0 Å². The summed E-state index contributed by atoms with van der Waals surface area (Å²) in [6.45, 7) is 0. The van der Waals surface area contributed by atoms with Crippen LogP contribution in [0.4, 0.5) is 0 Å². The first kappa shape index (κ1) is 6.79. The Labute approximate surface area is 67.7 Å². The fourth-order valence-electron chi connectivity index (χ4n) is 1.19. The number of hydrogen-bond donors (Lipinski definition) is 1. The van der Waals surface area contributed by atoms with E-state index in [2.05, 4.69) is 4.98 Å². The van der Waals surface area contributed by atoms with Crippen molar-refractivity contribution in [3.63, 3.8) is 0 Å². The molecule has 0 saturated heterocycles. The van der Waals surface area contributed by atoms with E-state index in [1.807, 2.05) is 0 Å². The molecule has 4 heteroatoms. The van der Waals surface area contributed by atoms with E-state index in [0.717, 1.165) is 11.3 Å². The number of hydrogen-bond acceptors (Lipinski definition) is 3. The summed E-state index contributed by atoms with van der Waals surface area (Å²) in [7, 11) is 0. The largest absolute Gasteiger partial charge is 0.481 e. The SMILES string of the molecule is O=C(O)[C@H]1C[C@@H]1c1cncs1. The highest BCUT2D eigenvalue weighted by Gasteiger charge is 2.44. The molecule has 58 valence electrons. The van der Waals surface area contributed by atoms with Crippen LogP contribution >= 0.6 is 11.3 Å². The first-order valence-corrected chi connectivity index (χ1v) is 4.28. The number of aliphatic carboxylic acids is 1. The minimum atomic E-state index is -0.677. The van der Waals surface area contributed by atoms with Crippen molar-refractivity contribution in [1.29, 1.82) is 0 Å². The van der Waals surface area contributed by atoms with Gasteiger partial charge in [-0.3, -0.25) is 9.78 Å². The number of thiazole rings is 1. The average Bonchev–Trinajstić information content (AvgIpc) is 2.60. The molecule has 1 heterocycles. The third kappa shape index (κ3) is 1.14. The van der Waals surface area contributed by atoms with Gasteiger partial charge in [0.15, 0.2) is 0 Å². The van der Waals surface area contributed by atoms with E-state index in [1.54, 1.807) is 23.0 Å². The van der Waals surface area contributed by atoms with Crippen molar-refractivity contribution >= 4 is 17.3 Å². The lowest BCUT2D eigenvalue weighted by Crippen LogP contribution is -1.97. The maximum atomic E-state index is 10.5. The Morgan fingerprint density at radius 2 is 2.64 bits per heavy atom. The van der Waals surface area contributed by atoms with Gasteiger partial charge in [-0.25, -0.2) is 0 Å². The predicted molar refractivity (Wildman–Crippen MR) is 40.6 cm³/mol. The summed E-state index contributed by atoms with van der Waals surface area (Å²) in [5.74, 6) is -0.571. The van der Waals surface area contributed by atoms with Crippen molar-refractivity contribution in [3.05, 3.63) is 16.6 Å². The summed E-state index contributed by atoms with van der Waals surface area (Å²) in [6, 6.07) is 0. The first-order valence-electron chi connectivity index (χ1n) is 3.40. The summed E-state index contributed by atoms with van der Waals surface area (Å²) in [6.07, 6.45) is 2.55. The summed E-state index contributed by atoms with van der Waals surface area (Å²) in [4.78, 5) is 15.5. The number of rotatable bonds is 2. The van der Waals surface area contributed by atoms with Crippen LogP contribution in [-0.2, 0) is 4.79 Å². The quantitative estimate of drug-likeness (QED) is 0.726. The second-order valence-electron chi connectivity index (χ2n) is 2.69. The Bertz CT molecular complexity index is 270. The molecule has 1 aromatic rings. The number of carboxylic acids is 1. The van der Waals surface area contributed by atoms with Gasteiger partial charge in [-0.2, -0.15) is 0 Å². The number of carboxylic acid groups (broad SMARTS) is 1. The highest BCUT2D eigenvalue weighted by Crippen LogP contribution is 2.48. The van der Waals surface area contributed by atoms with E-state index in [-0.39, 0.29) is 11.8 Å². The molecule has 0 unspecified atom stereocenters. The summed E-state index contributed by atoms with van der Waals surface area (Å²) in [5, 5.41) is 8.61. The Kier molecular flexibility index (Phi) is 1.42. The van der Waals surface area contributed by atoms with E-state index in [9.17, 15) is 4.79 Å². The highest BCUT2D eigenvalue weighted by molar-refractivity contribution is 7.09. The van der Waals surface area contributed by atoms with E-state index >= 15 is 0 Å². The molecular formula is C7H7NO2S. The molecule has 0 aliphatic heterocycles. The van der Waals surface area contributed by atoms with Crippen molar-refractivity contribution < 1.29 is 9.90 Å². The third-order valence-corrected chi connectivity index (χ3v) is 2.83. The maximum Gasteiger partial charge on any atom is 0.307 e. The molecule has 1 aromatic heterocycles. The van der Waals surface area contributed by atoms with Crippen LogP contribution in [0.2, 0.25) is 0 Å². The van der Waals surface area contributed by atoms with Crippen molar-refractivity contribution in [3.8, 4) is 0 Å². The van der Waals surface area contributed by atoms with E-state index in [1.165, 1.54) is 0 Å². The van der Waals surface area contributed by atoms with Gasteiger partial charge in [0.1, 0.15) is 0 Å². The molecule has 1 aliphatic rings. The van der Waals surface area contributed by atoms with Gasteiger partial charge in [0.05, 0.1) is 11.4 Å². The zero-order valence-corrected chi connectivity index (χ0v) is 6.54. The molecule has 0 spiro atoms. The second-order valence-corrected chi connectivity index (χ2v) is 3.61. The van der Waals surface area contributed by atoms with Gasteiger partial charge in [-0.05, 0) is 6.42 Å². The Morgan fingerprint density at radius 3 is 3.09 bits per heavy atom. The predicted octanol–water partition coefficient (Wildman–Crippen LogP) is 1.33. The van der Waals surface area contributed by atoms with Crippen LogP contribution < -0.4 is 0 Å². The van der Waals surface area contributed by atoms with E-state index in [4.69, 9.17) is 5.11 Å². The molecule has 11 heavy (non-hydrogen) atoms. The van der Waals surface area contributed by atoms with Crippen LogP contribution in [0, 0.1) is 5.92 Å². The monoisotopic (exact) mass is 169 g/mol. The van der Waals surface area contributed by atoms with E-state index < -0.39 is 5.97 Å². The minimum Gasteiger partial charge on any atom is -0.481 e. The van der Waals surface area contributed by atoms with Crippen LogP contribution in [-0.4, -0.2) is 16.1 Å². The molecule has 0 amide bonds. The number of aromatic nitrogens is 1. The molecule has 0 aromatic carbocycles. The lowest BCUT2D eigenvalue weighted by atomic mass is 10.3. The van der Waals surface area contributed by atoms with Gasteiger partial charge in [0, 0.05) is 17.0 Å². The summed E-state index contributed by atoms with van der Waals surface area (Å²) >= 11 is 1.54. The first-order chi connectivity index (χ1) is 5.29. The average molecular weight is 169 g/mol. The Hall–Kier alpha value is -0.900. The molecule has 1 aliphatic carbocycles. The zero-order chi connectivity index (χ0) is 7.84. The van der Waals surface area contributed by atoms with Crippen molar-refractivity contribution in [2.45, 2.75) is 12.3 Å². The van der Waals surface area contributed by atoms with Crippen LogP contribution in [0.1, 0.15) is 17.2 Å². The molecule has 0 radical (unpaired) electrons. The number of nitrogens with zero attached hydrogens (tertiary/aromatic N) is 1. The van der Waals surface area contributed by atoms with Crippen LogP contribution in [0.15, 0.2) is 11.7 Å². The Balaban J connectivity index is 2.08. The molecule has 2 atom stereocenters. The summed E-state index contributed by atoms with van der Waals surface area (Å²) < 4.78 is 0. The minimum absolute atomic E-state index is 0.143. The second kappa shape index (κ2) is 2.30. The highest BCUT2D eigenvalue weighted by atomic mass is 32.1. The fraction of sp³-hybridized carbons (Fsp3) is 0.429. The van der Waals surface area contributed by atoms with Gasteiger partial charge in [-0.15, -0.1) is 11.3 Å². The maximum absolute atomic E-state index is 10.5. The van der Waals surface area contributed by atoms with Gasteiger partial charge >= 0.3 is 5.97 Å². The molecule has 0 bridgehead atoms. The van der Waals surface area contributed by atoms with Crippen LogP contribution in [0.25, 0.3) is 0 Å². The number of carbonyl (C=O) groups is 1. The van der Waals surface area contributed by atoms with Gasteiger partial charge in [0.25, 0.3) is 0 Å². The summed E-state index contributed by atoms with van der Waals surface area (Å²) in [5.41, 5.74) is 1.74. The van der Waals surface area contributed by atoms with Crippen LogP contribution in [0.5, 0.6) is 0 Å². The van der Waals surface area contributed by atoms with Gasteiger partial charge in [-0.1, -0.05) is 0 Å².